The third-order valence-corrected chi connectivity index (χ3v) is 6.99. The van der Waals surface area contributed by atoms with Crippen LogP contribution in [0.3, 0.4) is 0 Å². The Balaban J connectivity index is 1.80. The molecule has 1 saturated heterocycles. The van der Waals surface area contributed by atoms with Crippen LogP contribution in [0.15, 0.2) is 47.9 Å². The van der Waals surface area contributed by atoms with Crippen molar-refractivity contribution in [1.29, 1.82) is 0 Å². The van der Waals surface area contributed by atoms with Gasteiger partial charge in [0.05, 0.1) is 12.0 Å². The van der Waals surface area contributed by atoms with Crippen LogP contribution in [0.5, 0.6) is 5.75 Å². The van der Waals surface area contributed by atoms with Crippen molar-refractivity contribution in [2.75, 3.05) is 6.54 Å². The number of hydrogen-bond donors (Lipinski definition) is 0. The van der Waals surface area contributed by atoms with Crippen LogP contribution in [0.2, 0.25) is 10.0 Å². The Morgan fingerprint density at radius 1 is 1.14 bits per heavy atom. The lowest BCUT2D eigenvalue weighted by Crippen LogP contribution is -2.27. The Bertz CT molecular complexity index is 1020. The zero-order valence-electron chi connectivity index (χ0n) is 14.8. The number of rotatable bonds is 6. The number of thioether (sulfide) groups is 1. The van der Waals surface area contributed by atoms with Gasteiger partial charge in [0.1, 0.15) is 12.4 Å². The molecule has 1 aliphatic rings. The summed E-state index contributed by atoms with van der Waals surface area (Å²) in [6.07, 6.45) is 3.25. The topological polar surface area (TPSA) is 46.6 Å². The number of benzene rings is 2. The summed E-state index contributed by atoms with van der Waals surface area (Å²) < 4.78 is 7.75. The van der Waals surface area contributed by atoms with Crippen molar-refractivity contribution in [3.63, 3.8) is 0 Å². The van der Waals surface area contributed by atoms with E-state index < -0.39 is 0 Å². The maximum atomic E-state index is 12.4. The molecule has 29 heavy (non-hydrogen) atoms. The second kappa shape index (κ2) is 10.0. The van der Waals surface area contributed by atoms with E-state index in [0.717, 1.165) is 35.8 Å². The minimum atomic E-state index is -0.303. The smallest absolute Gasteiger partial charge is 0.293 e. The van der Waals surface area contributed by atoms with Crippen molar-refractivity contribution < 1.29 is 14.3 Å². The fraction of sp³-hybridized carbons (Fsp3) is 0.100. The van der Waals surface area contributed by atoms with Gasteiger partial charge in [-0.1, -0.05) is 35.3 Å². The summed E-state index contributed by atoms with van der Waals surface area (Å²) in [6, 6.07) is 9.09. The van der Waals surface area contributed by atoms with Crippen molar-refractivity contribution in [1.82, 2.24) is 4.90 Å². The van der Waals surface area contributed by atoms with Crippen LogP contribution >= 0.6 is 80.1 Å². The van der Waals surface area contributed by atoms with Crippen molar-refractivity contribution in [3.05, 3.63) is 76.2 Å². The van der Waals surface area contributed by atoms with E-state index in [1.165, 1.54) is 11.0 Å². The SMILES string of the molecule is C=CCN1C(=O)S/C(=C/c2cc(I)c(OCc3ccc(Cl)cc3Cl)c(I)c2)C1=O. The second-order valence-corrected chi connectivity index (χ2v) is 10.1. The number of carbonyl (C=O) groups excluding carboxylic acids is 2. The van der Waals surface area contributed by atoms with Gasteiger partial charge in [-0.05, 0) is 92.8 Å². The molecular weight excluding hydrogens is 659 g/mol. The van der Waals surface area contributed by atoms with Crippen LogP contribution in [0.4, 0.5) is 4.79 Å². The largest absolute Gasteiger partial charge is 0.487 e. The third kappa shape index (κ3) is 5.49. The van der Waals surface area contributed by atoms with Gasteiger partial charge in [-0.3, -0.25) is 14.5 Å². The number of imide groups is 1. The number of ether oxygens (including phenoxy) is 1. The first kappa shape index (κ1) is 22.9. The standard InChI is InChI=1S/C20H13Cl2I2NO3S/c1-2-5-25-19(26)17(29-20(25)27)8-11-6-15(23)18(16(24)7-11)28-10-12-3-4-13(21)9-14(12)22/h2-4,6-9H,1,5,10H2/b17-8+. The summed E-state index contributed by atoms with van der Waals surface area (Å²) in [5.41, 5.74) is 1.66. The number of amides is 2. The molecule has 0 aliphatic carbocycles. The van der Waals surface area contributed by atoms with Gasteiger partial charge < -0.3 is 4.74 Å². The van der Waals surface area contributed by atoms with E-state index in [0.29, 0.717) is 21.6 Å². The van der Waals surface area contributed by atoms with E-state index in [2.05, 4.69) is 51.8 Å². The number of nitrogens with zero attached hydrogens (tertiary/aromatic N) is 1. The summed E-state index contributed by atoms with van der Waals surface area (Å²) in [7, 11) is 0. The molecule has 4 nitrogen and oxygen atoms in total. The van der Waals surface area contributed by atoms with Crippen molar-refractivity contribution in [3.8, 4) is 5.75 Å². The molecule has 0 atom stereocenters. The highest BCUT2D eigenvalue weighted by Gasteiger charge is 2.34. The molecule has 1 aliphatic heterocycles. The fourth-order valence-corrected chi connectivity index (χ4v) is 5.97. The predicted octanol–water partition coefficient (Wildman–Crippen LogP) is 7.00. The molecule has 2 aromatic carbocycles. The van der Waals surface area contributed by atoms with Crippen molar-refractivity contribution >= 4 is 97.4 Å². The molecule has 0 bridgehead atoms. The summed E-state index contributed by atoms with van der Waals surface area (Å²) >= 11 is 17.4. The molecular formula is C20H13Cl2I2NO3S. The van der Waals surface area contributed by atoms with E-state index in [4.69, 9.17) is 27.9 Å². The van der Waals surface area contributed by atoms with Crippen LogP contribution < -0.4 is 4.74 Å². The lowest BCUT2D eigenvalue weighted by molar-refractivity contribution is -0.122. The first-order chi connectivity index (χ1) is 13.8. The van der Waals surface area contributed by atoms with Crippen LogP contribution in [0.25, 0.3) is 6.08 Å². The first-order valence-electron chi connectivity index (χ1n) is 8.22. The van der Waals surface area contributed by atoms with Crippen LogP contribution in [-0.4, -0.2) is 22.6 Å². The number of hydrogen-bond acceptors (Lipinski definition) is 4. The second-order valence-electron chi connectivity index (χ2n) is 5.92. The molecule has 1 heterocycles. The maximum absolute atomic E-state index is 12.4. The number of carbonyl (C=O) groups is 2. The van der Waals surface area contributed by atoms with Gasteiger partial charge in [-0.25, -0.2) is 0 Å². The number of halogens is 4. The molecule has 9 heteroatoms. The molecule has 0 saturated carbocycles. The minimum Gasteiger partial charge on any atom is -0.487 e. The molecule has 150 valence electrons. The third-order valence-electron chi connectivity index (χ3n) is 3.89. The Kier molecular flexibility index (Phi) is 7.94. The van der Waals surface area contributed by atoms with E-state index >= 15 is 0 Å². The normalized spacial score (nSPS) is 15.3. The van der Waals surface area contributed by atoms with Gasteiger partial charge in [0.2, 0.25) is 0 Å². The van der Waals surface area contributed by atoms with Gasteiger partial charge in [0.25, 0.3) is 11.1 Å². The highest BCUT2D eigenvalue weighted by molar-refractivity contribution is 14.1. The van der Waals surface area contributed by atoms with E-state index in [1.54, 1.807) is 18.2 Å². The van der Waals surface area contributed by atoms with Crippen LogP contribution in [-0.2, 0) is 11.4 Å². The fourth-order valence-electron chi connectivity index (χ4n) is 2.53. The zero-order chi connectivity index (χ0) is 21.1. The average Bonchev–Trinajstić information content (AvgIpc) is 2.90. The van der Waals surface area contributed by atoms with Gasteiger partial charge in [0, 0.05) is 22.2 Å². The molecule has 0 spiro atoms. The average molecular weight is 672 g/mol. The summed E-state index contributed by atoms with van der Waals surface area (Å²) in [6.45, 7) is 4.09. The highest BCUT2D eigenvalue weighted by Crippen LogP contribution is 2.35. The summed E-state index contributed by atoms with van der Waals surface area (Å²) in [4.78, 5) is 25.9. The van der Waals surface area contributed by atoms with Gasteiger partial charge in [-0.15, -0.1) is 6.58 Å². The Morgan fingerprint density at radius 3 is 2.45 bits per heavy atom. The van der Waals surface area contributed by atoms with Gasteiger partial charge in [-0.2, -0.15) is 0 Å². The maximum Gasteiger partial charge on any atom is 0.293 e. The van der Waals surface area contributed by atoms with Crippen molar-refractivity contribution in [2.45, 2.75) is 6.61 Å². The summed E-state index contributed by atoms with van der Waals surface area (Å²) in [5.74, 6) is 0.428. The quantitative estimate of drug-likeness (QED) is 0.189. The Morgan fingerprint density at radius 2 is 1.83 bits per heavy atom. The lowest BCUT2D eigenvalue weighted by Gasteiger charge is -2.13. The molecule has 1 fully saturated rings. The molecule has 0 unspecified atom stereocenters. The summed E-state index contributed by atoms with van der Waals surface area (Å²) in [5, 5.41) is 0.837. The van der Waals surface area contributed by atoms with E-state index in [9.17, 15) is 9.59 Å². The highest BCUT2D eigenvalue weighted by atomic mass is 127. The Labute approximate surface area is 209 Å². The molecule has 0 radical (unpaired) electrons. The predicted molar refractivity (Wildman–Crippen MR) is 136 cm³/mol. The van der Waals surface area contributed by atoms with Crippen LogP contribution in [0.1, 0.15) is 11.1 Å². The molecule has 0 aromatic heterocycles. The Hall–Kier alpha value is -0.750. The first-order valence-corrected chi connectivity index (χ1v) is 11.9. The monoisotopic (exact) mass is 671 g/mol. The lowest BCUT2D eigenvalue weighted by atomic mass is 10.2. The minimum absolute atomic E-state index is 0.205. The zero-order valence-corrected chi connectivity index (χ0v) is 21.4. The molecule has 2 aromatic rings. The molecule has 2 amide bonds. The van der Waals surface area contributed by atoms with Gasteiger partial charge in [0.15, 0.2) is 0 Å². The van der Waals surface area contributed by atoms with E-state index in [1.807, 2.05) is 18.2 Å². The van der Waals surface area contributed by atoms with Crippen molar-refractivity contribution in [2.24, 2.45) is 0 Å². The van der Waals surface area contributed by atoms with Gasteiger partial charge >= 0.3 is 0 Å². The molecule has 0 N–H and O–H groups in total. The van der Waals surface area contributed by atoms with E-state index in [-0.39, 0.29) is 17.7 Å². The van der Waals surface area contributed by atoms with Crippen LogP contribution in [0, 0.1) is 7.14 Å². The molecule has 3 rings (SSSR count).